The van der Waals surface area contributed by atoms with Crippen molar-refractivity contribution < 1.29 is 22.6 Å². The molecule has 3 heterocycles. The number of amides is 1. The summed E-state index contributed by atoms with van der Waals surface area (Å²) in [6.45, 7) is 2.70. The monoisotopic (exact) mass is 360 g/mol. The molecule has 4 rings (SSSR count). The first-order valence-corrected chi connectivity index (χ1v) is 8.03. The first-order valence-electron chi connectivity index (χ1n) is 8.03. The second-order valence-electron chi connectivity index (χ2n) is 6.12. The molecule has 1 saturated heterocycles. The van der Waals surface area contributed by atoms with E-state index in [1.807, 2.05) is 0 Å². The molecule has 0 bridgehead atoms. The normalized spacial score (nSPS) is 17.0. The third-order valence-corrected chi connectivity index (χ3v) is 4.30. The van der Waals surface area contributed by atoms with Gasteiger partial charge in [0.25, 0.3) is 5.91 Å². The van der Waals surface area contributed by atoms with Crippen LogP contribution in [0.15, 0.2) is 33.3 Å². The highest BCUT2D eigenvalue weighted by atomic mass is 19.2. The molecule has 9 heteroatoms. The smallest absolute Gasteiger partial charge is 0.276 e. The summed E-state index contributed by atoms with van der Waals surface area (Å²) in [4.78, 5) is 18.4. The SMILES string of the molecule is Cc1noc(C2CCN(C(=O)c3cc(-c4ccc(F)c(F)c4)on3)C2)n1. The van der Waals surface area contributed by atoms with Crippen LogP contribution in [0.25, 0.3) is 11.3 Å². The maximum atomic E-state index is 13.3. The van der Waals surface area contributed by atoms with E-state index in [4.69, 9.17) is 9.05 Å². The summed E-state index contributed by atoms with van der Waals surface area (Å²) in [6, 6.07) is 4.76. The van der Waals surface area contributed by atoms with Crippen molar-refractivity contribution in [2.75, 3.05) is 13.1 Å². The van der Waals surface area contributed by atoms with Crippen LogP contribution in [-0.2, 0) is 0 Å². The molecular weight excluding hydrogens is 346 g/mol. The number of halogens is 2. The number of aryl methyl sites for hydroxylation is 1. The van der Waals surface area contributed by atoms with E-state index < -0.39 is 11.6 Å². The Balaban J connectivity index is 1.49. The topological polar surface area (TPSA) is 85.3 Å². The number of nitrogens with zero attached hydrogens (tertiary/aromatic N) is 4. The molecule has 26 heavy (non-hydrogen) atoms. The van der Waals surface area contributed by atoms with Crippen LogP contribution in [0, 0.1) is 18.6 Å². The molecule has 1 amide bonds. The van der Waals surface area contributed by atoms with Crippen molar-refractivity contribution in [3.05, 3.63) is 53.3 Å². The van der Waals surface area contributed by atoms with Crippen LogP contribution in [0.2, 0.25) is 0 Å². The van der Waals surface area contributed by atoms with E-state index in [0.717, 1.165) is 12.1 Å². The summed E-state index contributed by atoms with van der Waals surface area (Å²) in [6.07, 6.45) is 0.710. The molecule has 0 N–H and O–H groups in total. The lowest BCUT2D eigenvalue weighted by Gasteiger charge is -2.13. The number of benzene rings is 1. The molecule has 134 valence electrons. The molecule has 0 radical (unpaired) electrons. The lowest BCUT2D eigenvalue weighted by molar-refractivity contribution is 0.0779. The summed E-state index contributed by atoms with van der Waals surface area (Å²) in [5, 5.41) is 7.52. The molecule has 1 atom stereocenters. The van der Waals surface area contributed by atoms with E-state index in [1.165, 1.54) is 12.1 Å². The lowest BCUT2D eigenvalue weighted by Crippen LogP contribution is -2.28. The fourth-order valence-corrected chi connectivity index (χ4v) is 2.95. The Morgan fingerprint density at radius 2 is 2.04 bits per heavy atom. The molecule has 0 aliphatic carbocycles. The predicted octanol–water partition coefficient (Wildman–Crippen LogP) is 2.94. The molecule has 1 aliphatic heterocycles. The van der Waals surface area contributed by atoms with Gasteiger partial charge in [-0.3, -0.25) is 4.79 Å². The number of carbonyl (C=O) groups excluding carboxylic acids is 1. The molecule has 7 nitrogen and oxygen atoms in total. The first kappa shape index (κ1) is 16.4. The average Bonchev–Trinajstić information content (AvgIpc) is 3.36. The zero-order valence-electron chi connectivity index (χ0n) is 13.8. The Morgan fingerprint density at radius 3 is 2.77 bits per heavy atom. The lowest BCUT2D eigenvalue weighted by atomic mass is 10.1. The van der Waals surface area contributed by atoms with Crippen LogP contribution in [0.5, 0.6) is 0 Å². The number of hydrogen-bond acceptors (Lipinski definition) is 6. The van der Waals surface area contributed by atoms with Crippen LogP contribution in [-0.4, -0.2) is 39.2 Å². The van der Waals surface area contributed by atoms with Crippen molar-refractivity contribution in [1.29, 1.82) is 0 Å². The maximum Gasteiger partial charge on any atom is 0.276 e. The molecule has 1 aromatic carbocycles. The summed E-state index contributed by atoms with van der Waals surface area (Å²) < 4.78 is 36.7. The van der Waals surface area contributed by atoms with Gasteiger partial charge in [-0.05, 0) is 31.5 Å². The minimum absolute atomic E-state index is 0.0160. The second-order valence-corrected chi connectivity index (χ2v) is 6.12. The van der Waals surface area contributed by atoms with Gasteiger partial charge in [0.1, 0.15) is 0 Å². The van der Waals surface area contributed by atoms with E-state index in [1.54, 1.807) is 11.8 Å². The van der Waals surface area contributed by atoms with Crippen molar-refractivity contribution >= 4 is 5.91 Å². The Labute approximate surface area is 146 Å². The van der Waals surface area contributed by atoms with Gasteiger partial charge in [-0.25, -0.2) is 8.78 Å². The third-order valence-electron chi connectivity index (χ3n) is 4.30. The highest BCUT2D eigenvalue weighted by Crippen LogP contribution is 2.28. The van der Waals surface area contributed by atoms with Crippen molar-refractivity contribution in [3.8, 4) is 11.3 Å². The largest absolute Gasteiger partial charge is 0.355 e. The summed E-state index contributed by atoms with van der Waals surface area (Å²) in [5.74, 6) is -1.01. The van der Waals surface area contributed by atoms with Gasteiger partial charge in [-0.15, -0.1) is 0 Å². The van der Waals surface area contributed by atoms with Gasteiger partial charge in [-0.1, -0.05) is 10.3 Å². The van der Waals surface area contributed by atoms with Crippen LogP contribution in [0.1, 0.15) is 34.5 Å². The minimum atomic E-state index is -0.996. The van der Waals surface area contributed by atoms with E-state index in [2.05, 4.69) is 15.3 Å². The van der Waals surface area contributed by atoms with E-state index in [-0.39, 0.29) is 23.3 Å². The predicted molar refractivity (Wildman–Crippen MR) is 84.2 cm³/mol. The number of carbonyl (C=O) groups is 1. The maximum absolute atomic E-state index is 13.3. The first-order chi connectivity index (χ1) is 12.5. The van der Waals surface area contributed by atoms with Crippen molar-refractivity contribution in [2.24, 2.45) is 0 Å². The Bertz CT molecular complexity index is 969. The highest BCUT2D eigenvalue weighted by molar-refractivity contribution is 5.93. The molecule has 3 aromatic rings. The van der Waals surface area contributed by atoms with Gasteiger partial charge < -0.3 is 13.9 Å². The van der Waals surface area contributed by atoms with E-state index in [0.29, 0.717) is 36.8 Å². The summed E-state index contributed by atoms with van der Waals surface area (Å²) in [5.41, 5.74) is 0.406. The quantitative estimate of drug-likeness (QED) is 0.714. The molecule has 1 unspecified atom stereocenters. The Kier molecular flexibility index (Phi) is 3.98. The fourth-order valence-electron chi connectivity index (χ4n) is 2.95. The second kappa shape index (κ2) is 6.32. The Hall–Kier alpha value is -3.10. The average molecular weight is 360 g/mol. The van der Waals surface area contributed by atoms with Crippen molar-refractivity contribution in [3.63, 3.8) is 0 Å². The number of rotatable bonds is 3. The highest BCUT2D eigenvalue weighted by Gasteiger charge is 2.32. The van der Waals surface area contributed by atoms with Crippen molar-refractivity contribution in [1.82, 2.24) is 20.2 Å². The van der Waals surface area contributed by atoms with Gasteiger partial charge in [0.15, 0.2) is 28.9 Å². The van der Waals surface area contributed by atoms with Gasteiger partial charge in [0.2, 0.25) is 5.89 Å². The fraction of sp³-hybridized carbons (Fsp3) is 0.294. The van der Waals surface area contributed by atoms with Gasteiger partial charge >= 0.3 is 0 Å². The molecule has 0 spiro atoms. The molecular formula is C17H14F2N4O3. The summed E-state index contributed by atoms with van der Waals surface area (Å²) >= 11 is 0. The molecule has 2 aromatic heterocycles. The molecule has 1 aliphatic rings. The van der Waals surface area contributed by atoms with Gasteiger partial charge in [0, 0.05) is 24.7 Å². The Morgan fingerprint density at radius 1 is 1.19 bits per heavy atom. The zero-order valence-corrected chi connectivity index (χ0v) is 13.8. The molecule has 0 saturated carbocycles. The number of aromatic nitrogens is 3. The number of likely N-dealkylation sites (tertiary alicyclic amines) is 1. The van der Waals surface area contributed by atoms with Gasteiger partial charge in [0.05, 0.1) is 5.92 Å². The van der Waals surface area contributed by atoms with Gasteiger partial charge in [-0.2, -0.15) is 4.98 Å². The van der Waals surface area contributed by atoms with E-state index in [9.17, 15) is 13.6 Å². The minimum Gasteiger partial charge on any atom is -0.355 e. The summed E-state index contributed by atoms with van der Waals surface area (Å²) in [7, 11) is 0. The molecule has 1 fully saturated rings. The third kappa shape index (κ3) is 2.96. The van der Waals surface area contributed by atoms with Crippen LogP contribution >= 0.6 is 0 Å². The van der Waals surface area contributed by atoms with Crippen molar-refractivity contribution in [2.45, 2.75) is 19.3 Å². The standard InChI is InChI=1S/C17H14F2N4O3/c1-9-20-16(26-21-9)11-4-5-23(8-11)17(24)14-7-15(25-22-14)10-2-3-12(18)13(19)6-10/h2-3,6-7,11H,4-5,8H2,1H3. The number of hydrogen-bond donors (Lipinski definition) is 0. The van der Waals surface area contributed by atoms with E-state index >= 15 is 0 Å². The van der Waals surface area contributed by atoms with Crippen LogP contribution < -0.4 is 0 Å². The van der Waals surface area contributed by atoms with Crippen LogP contribution in [0.3, 0.4) is 0 Å². The zero-order chi connectivity index (χ0) is 18.3. The van der Waals surface area contributed by atoms with Crippen LogP contribution in [0.4, 0.5) is 8.78 Å².